The van der Waals surface area contributed by atoms with Gasteiger partial charge in [-0.3, -0.25) is 19.3 Å². The Hall–Kier alpha value is -5.13. The third-order valence-electron chi connectivity index (χ3n) is 14.9. The number of halogens is 3. The van der Waals surface area contributed by atoms with E-state index in [-0.39, 0.29) is 55.8 Å². The molecule has 4 amide bonds. The van der Waals surface area contributed by atoms with Gasteiger partial charge >= 0.3 is 12.3 Å². The van der Waals surface area contributed by atoms with Crippen LogP contribution in [0.1, 0.15) is 109 Å². The van der Waals surface area contributed by atoms with Crippen LogP contribution < -0.4 is 24.8 Å². The van der Waals surface area contributed by atoms with Crippen LogP contribution in [0.25, 0.3) is 10.9 Å². The zero-order valence-electron chi connectivity index (χ0n) is 39.3. The topological polar surface area (TPSA) is 195 Å². The highest BCUT2D eigenvalue weighted by molar-refractivity contribution is 7.91. The van der Waals surface area contributed by atoms with Crippen molar-refractivity contribution < 1.29 is 59.7 Å². The number of aryl methyl sites for hydroxylation is 1. The Morgan fingerprint density at radius 1 is 1.07 bits per heavy atom. The summed E-state index contributed by atoms with van der Waals surface area (Å²) in [6, 6.07) is 2.90. The van der Waals surface area contributed by atoms with E-state index >= 15 is 13.2 Å². The van der Waals surface area contributed by atoms with E-state index in [1.165, 1.54) is 17.9 Å². The number of sulfonamides is 1. The Morgan fingerprint density at radius 3 is 2.54 bits per heavy atom. The molecule has 1 saturated carbocycles. The van der Waals surface area contributed by atoms with Crippen LogP contribution in [0.5, 0.6) is 11.5 Å². The molecule has 1 spiro atoms. The number of fused-ring (bicyclic) bond motifs is 7. The lowest BCUT2D eigenvalue weighted by Crippen LogP contribution is -2.68. The molecule has 0 radical (unpaired) electrons. The monoisotopic (exact) mass is 982 g/mol. The summed E-state index contributed by atoms with van der Waals surface area (Å²) in [7, 11) is -4.19. The van der Waals surface area contributed by atoms with Crippen LogP contribution >= 0.6 is 0 Å². The number of alkyl carbamates (subject to hydrolysis) is 1. The van der Waals surface area contributed by atoms with E-state index in [2.05, 4.69) is 37.1 Å². The van der Waals surface area contributed by atoms with Gasteiger partial charge in [-0.25, -0.2) is 22.9 Å². The normalized spacial score (nSPS) is 29.8. The average Bonchev–Trinajstić information content (AvgIpc) is 3.91. The maximum atomic E-state index is 15.1. The molecule has 3 saturated heterocycles. The van der Waals surface area contributed by atoms with Crippen LogP contribution in [0, 0.1) is 23.7 Å². The number of aromatic nitrogens is 1. The van der Waals surface area contributed by atoms with E-state index in [1.807, 2.05) is 13.8 Å². The molecule has 1 aromatic heterocycles. The molecular formula is C49H61F3N6O10S. The van der Waals surface area contributed by atoms with Crippen molar-refractivity contribution in [2.75, 3.05) is 39.5 Å². The Balaban J connectivity index is 1.03. The van der Waals surface area contributed by atoms with Gasteiger partial charge < -0.3 is 34.5 Å². The fourth-order valence-electron chi connectivity index (χ4n) is 10.5. The highest BCUT2D eigenvalue weighted by Gasteiger charge is 2.59. The van der Waals surface area contributed by atoms with Crippen molar-refractivity contribution in [3.8, 4) is 23.3 Å². The molecule has 1 aromatic carbocycles. The van der Waals surface area contributed by atoms with Gasteiger partial charge in [0.1, 0.15) is 23.4 Å². The first kappa shape index (κ1) is 48.9. The molecular weight excluding hydrogens is 922 g/mol. The maximum absolute atomic E-state index is 15.1. The third kappa shape index (κ3) is 9.84. The summed E-state index contributed by atoms with van der Waals surface area (Å²) >= 11 is 0. The van der Waals surface area contributed by atoms with Gasteiger partial charge in [0, 0.05) is 36.0 Å². The van der Waals surface area contributed by atoms with Gasteiger partial charge in [-0.1, -0.05) is 50.7 Å². The number of pyridine rings is 1. The molecule has 2 aromatic rings. The van der Waals surface area contributed by atoms with E-state index < -0.39 is 85.3 Å². The van der Waals surface area contributed by atoms with Crippen molar-refractivity contribution in [1.29, 1.82) is 0 Å². The largest absolute Gasteiger partial charge is 0.494 e. The zero-order valence-corrected chi connectivity index (χ0v) is 40.1. The second-order valence-corrected chi connectivity index (χ2v) is 22.7. The molecule has 3 N–H and O–H groups in total. The number of rotatable bonds is 11. The lowest BCUT2D eigenvalue weighted by molar-refractivity contribution is -0.144. The van der Waals surface area contributed by atoms with E-state index in [9.17, 15) is 27.6 Å². The van der Waals surface area contributed by atoms with Crippen molar-refractivity contribution in [2.24, 2.45) is 11.8 Å². The van der Waals surface area contributed by atoms with Gasteiger partial charge in [-0.2, -0.15) is 13.2 Å². The van der Waals surface area contributed by atoms with Gasteiger partial charge in [-0.05, 0) is 95.2 Å². The number of amides is 4. The summed E-state index contributed by atoms with van der Waals surface area (Å²) in [5, 5.41) is 5.80. The second-order valence-electron chi connectivity index (χ2n) is 20.5. The first-order chi connectivity index (χ1) is 32.8. The molecule has 16 nitrogen and oxygen atoms in total. The van der Waals surface area contributed by atoms with Gasteiger partial charge in [0.25, 0.3) is 5.91 Å². The van der Waals surface area contributed by atoms with Crippen molar-refractivity contribution >= 4 is 44.7 Å². The molecule has 7 aliphatic rings. The number of carbonyl (C=O) groups excluding carboxylic acids is 4. The minimum absolute atomic E-state index is 0.0108. The number of benzene rings is 1. The first-order valence-electron chi connectivity index (χ1n) is 24.3. The molecule has 9 rings (SSSR count). The molecule has 374 valence electrons. The summed E-state index contributed by atoms with van der Waals surface area (Å²) in [4.78, 5) is 64.9. The predicted molar refractivity (Wildman–Crippen MR) is 245 cm³/mol. The number of hydrogen-bond donors (Lipinski definition) is 3. The van der Waals surface area contributed by atoms with E-state index in [0.717, 1.165) is 39.0 Å². The molecule has 7 atom stereocenters. The third-order valence-corrected chi connectivity index (χ3v) is 17.0. The summed E-state index contributed by atoms with van der Waals surface area (Å²) in [6.45, 7) is 7.58. The molecule has 4 fully saturated rings. The Bertz CT molecular complexity index is 2560. The summed E-state index contributed by atoms with van der Waals surface area (Å²) < 4.78 is 96.8. The average molecular weight is 983 g/mol. The molecule has 20 heteroatoms. The van der Waals surface area contributed by atoms with Crippen molar-refractivity contribution in [3.63, 3.8) is 0 Å². The Labute approximate surface area is 400 Å². The molecule has 2 aliphatic carbocycles. The van der Waals surface area contributed by atoms with E-state index in [1.54, 1.807) is 24.3 Å². The van der Waals surface area contributed by atoms with E-state index in [4.69, 9.17) is 18.9 Å². The van der Waals surface area contributed by atoms with Crippen molar-refractivity contribution in [1.82, 2.24) is 30.1 Å². The quantitative estimate of drug-likeness (QED) is 0.150. The molecule has 69 heavy (non-hydrogen) atoms. The summed E-state index contributed by atoms with van der Waals surface area (Å²) in [5.41, 5.74) is -4.56. The van der Waals surface area contributed by atoms with E-state index in [0.29, 0.717) is 68.4 Å². The summed E-state index contributed by atoms with van der Waals surface area (Å²) in [5.74, 6) is 1.91. The number of allylic oxidation sites excluding steroid dienone is 1. The van der Waals surface area contributed by atoms with Crippen LogP contribution in [0.2, 0.25) is 0 Å². The Morgan fingerprint density at radius 2 is 1.84 bits per heavy atom. The van der Waals surface area contributed by atoms with Crippen LogP contribution in [-0.4, -0.2) is 127 Å². The van der Waals surface area contributed by atoms with Crippen LogP contribution in [0.15, 0.2) is 30.4 Å². The smallest absolute Gasteiger partial charge is 0.437 e. The lowest BCUT2D eigenvalue weighted by atomic mass is 9.75. The highest BCUT2D eigenvalue weighted by Crippen LogP contribution is 2.49. The highest BCUT2D eigenvalue weighted by atomic mass is 32.2. The fraction of sp³-hybridized carbons (Fsp3) is 0.653. The number of morpholine rings is 1. The number of nitrogens with one attached hydrogen (secondary N) is 3. The maximum Gasteiger partial charge on any atom is 0.437 e. The fourth-order valence-corrected chi connectivity index (χ4v) is 11.8. The van der Waals surface area contributed by atoms with Gasteiger partial charge in [-0.15, -0.1) is 0 Å². The van der Waals surface area contributed by atoms with Crippen LogP contribution in [0.3, 0.4) is 0 Å². The van der Waals surface area contributed by atoms with Gasteiger partial charge in [0.15, 0.2) is 17.0 Å². The minimum atomic E-state index is -4.96. The number of carbonyl (C=O) groups is 4. The zero-order chi connectivity index (χ0) is 48.9. The number of alkyl halides is 3. The second kappa shape index (κ2) is 18.9. The van der Waals surface area contributed by atoms with Crippen molar-refractivity contribution in [2.45, 2.75) is 150 Å². The standard InChI is InChI=1S/C49H61F3N6O10S/c1-30(2)26-67-45(62)54-38-11-8-6-4-5-7-10-31-16-19-48(31,44(61)56-69(63,64)46(3)20-21-46)55-42(59)39-25-47(29-58(39)43(38)60)18-17-35-36-24-34(14-15-37(36)53-41(40(35)68-47)49(50,51)52)66-23-9-22-57-32-12-13-33(57)28-65-27-32/h7,10,14-15,24,30-33,38-39H,4-6,8-9,11-13,17-18,20-23,25-29H2,1-3H3,(H,54,62)(H,55,59)(H,56,61). The van der Waals surface area contributed by atoms with Gasteiger partial charge in [0.05, 0.1) is 49.2 Å². The number of hydrogen-bond acceptors (Lipinski definition) is 12. The minimum Gasteiger partial charge on any atom is -0.494 e. The SMILES string of the molecule is CC(C)COC(=O)NC1CCCCCC=CC2C#CC2(C(=O)NS(=O)(=O)C2(C)CC2)NC(=O)C2CC3(CCc4c(c(C(F)(F)F)nc5ccc(OCCCN6C7CCC6COC7)cc45)O3)CN2C1=O. The lowest BCUT2D eigenvalue weighted by Gasteiger charge is -2.38. The Kier molecular flexibility index (Phi) is 13.4. The van der Waals surface area contributed by atoms with Crippen molar-refractivity contribution in [3.05, 3.63) is 41.6 Å². The van der Waals surface area contributed by atoms with Gasteiger partial charge in [0.2, 0.25) is 21.8 Å². The molecule has 2 bridgehead atoms. The van der Waals surface area contributed by atoms with Crippen LogP contribution in [0.4, 0.5) is 18.0 Å². The number of nitrogens with zero attached hydrogens (tertiary/aromatic N) is 3. The molecule has 5 aliphatic heterocycles. The summed E-state index contributed by atoms with van der Waals surface area (Å²) in [6.07, 6.45) is 3.52. The van der Waals surface area contributed by atoms with Crippen LogP contribution in [-0.2, 0) is 46.5 Å². The first-order valence-corrected chi connectivity index (χ1v) is 25.8. The number of ether oxygens (including phenoxy) is 4. The predicted octanol–water partition coefficient (Wildman–Crippen LogP) is 5.31. The molecule has 7 unspecified atom stereocenters. The molecule has 6 heterocycles.